The van der Waals surface area contributed by atoms with E-state index >= 15 is 0 Å². The van der Waals surface area contributed by atoms with Crippen LogP contribution in [0.5, 0.6) is 0 Å². The third-order valence-electron chi connectivity index (χ3n) is 6.00. The summed E-state index contributed by atoms with van der Waals surface area (Å²) in [4.78, 5) is 36.1. The number of guanidine groups is 1. The van der Waals surface area contributed by atoms with E-state index in [0.29, 0.717) is 36.9 Å². The van der Waals surface area contributed by atoms with Gasteiger partial charge >= 0.3 is 0 Å². The average Bonchev–Trinajstić information content (AvgIpc) is 3.29. The van der Waals surface area contributed by atoms with Gasteiger partial charge in [0.1, 0.15) is 5.56 Å². The van der Waals surface area contributed by atoms with Crippen molar-refractivity contribution in [3.8, 4) is 11.3 Å². The largest absolute Gasteiger partial charge is 0.322 e. The average molecular weight is 431 g/mol. The Morgan fingerprint density at radius 2 is 1.84 bits per heavy atom. The molecule has 0 radical (unpaired) electrons. The fourth-order valence-corrected chi connectivity index (χ4v) is 4.47. The number of pyridine rings is 1. The van der Waals surface area contributed by atoms with Crippen LogP contribution in [0.4, 0.5) is 5.82 Å². The highest BCUT2D eigenvalue weighted by atomic mass is 16.2. The smallest absolute Gasteiger partial charge is 0.266 e. The second-order valence-corrected chi connectivity index (χ2v) is 8.96. The van der Waals surface area contributed by atoms with Gasteiger partial charge in [-0.05, 0) is 37.5 Å². The molecule has 0 spiro atoms. The fraction of sp³-hybridized carbons (Fsp3) is 0.333. The van der Waals surface area contributed by atoms with Gasteiger partial charge in [-0.1, -0.05) is 37.3 Å². The van der Waals surface area contributed by atoms with E-state index in [1.807, 2.05) is 41.9 Å². The first-order chi connectivity index (χ1) is 15.3. The van der Waals surface area contributed by atoms with Gasteiger partial charge < -0.3 is 4.98 Å². The highest BCUT2D eigenvalue weighted by Gasteiger charge is 2.44. The third-order valence-corrected chi connectivity index (χ3v) is 6.00. The maximum absolute atomic E-state index is 13.2. The van der Waals surface area contributed by atoms with Crippen LogP contribution in [0.25, 0.3) is 11.3 Å². The van der Waals surface area contributed by atoms with Crippen molar-refractivity contribution in [3.63, 3.8) is 0 Å². The lowest BCUT2D eigenvalue weighted by atomic mass is 10.1. The lowest BCUT2D eigenvalue weighted by molar-refractivity contribution is 0.0864. The number of hydrogen-bond acceptors (Lipinski definition) is 5. The Labute approximate surface area is 186 Å². The topological polar surface area (TPSA) is 86.6 Å². The number of nitrogens with one attached hydrogen (secondary N) is 1. The van der Waals surface area contributed by atoms with Gasteiger partial charge in [0.2, 0.25) is 11.5 Å². The zero-order valence-corrected chi connectivity index (χ0v) is 18.7. The predicted octanol–water partition coefficient (Wildman–Crippen LogP) is 2.89. The van der Waals surface area contributed by atoms with Gasteiger partial charge in [0, 0.05) is 18.8 Å². The van der Waals surface area contributed by atoms with Crippen LogP contribution in [0.2, 0.25) is 0 Å². The van der Waals surface area contributed by atoms with E-state index in [0.717, 1.165) is 22.5 Å². The molecule has 0 saturated carbocycles. The quantitative estimate of drug-likeness (QED) is 0.690. The standard InChI is InChI=1S/C24H26N6O2/c1-5-18-20-21(29-14-24(2,3)26-23(29)28(4)22(20)32)27-30(18)13-15-9-11-16(12-10-15)17-7-6-8-19(31)25-17/h6-12H,5,13-14H2,1-4H3,(H,25,31). The van der Waals surface area contributed by atoms with Gasteiger partial charge in [0.05, 0.1) is 24.3 Å². The molecule has 32 heavy (non-hydrogen) atoms. The van der Waals surface area contributed by atoms with Gasteiger partial charge in [-0.2, -0.15) is 5.10 Å². The second kappa shape index (κ2) is 7.19. The number of fused-ring (bicyclic) bond motifs is 3. The molecule has 0 atom stereocenters. The molecule has 0 fully saturated rings. The van der Waals surface area contributed by atoms with Gasteiger partial charge in [-0.15, -0.1) is 0 Å². The summed E-state index contributed by atoms with van der Waals surface area (Å²) in [6, 6.07) is 13.2. The molecule has 2 aliphatic heterocycles. The first-order valence-corrected chi connectivity index (χ1v) is 10.8. The monoisotopic (exact) mass is 430 g/mol. The third kappa shape index (κ3) is 3.23. The second-order valence-electron chi connectivity index (χ2n) is 8.96. The fourth-order valence-electron chi connectivity index (χ4n) is 4.47. The van der Waals surface area contributed by atoms with E-state index in [4.69, 9.17) is 10.1 Å². The Morgan fingerprint density at radius 3 is 2.53 bits per heavy atom. The molecule has 8 nitrogen and oxygen atoms in total. The molecule has 8 heteroatoms. The molecule has 164 valence electrons. The maximum Gasteiger partial charge on any atom is 0.266 e. The number of amides is 1. The van der Waals surface area contributed by atoms with Gasteiger partial charge in [-0.3, -0.25) is 24.1 Å². The number of benzene rings is 1. The molecule has 0 bridgehead atoms. The molecule has 2 aliphatic rings. The van der Waals surface area contributed by atoms with Crippen molar-refractivity contribution in [1.82, 2.24) is 19.7 Å². The lowest BCUT2D eigenvalue weighted by Crippen LogP contribution is -2.48. The summed E-state index contributed by atoms with van der Waals surface area (Å²) in [5.74, 6) is 1.31. The molecule has 2 aromatic heterocycles. The van der Waals surface area contributed by atoms with Gasteiger partial charge in [-0.25, -0.2) is 4.99 Å². The Balaban J connectivity index is 1.49. The van der Waals surface area contributed by atoms with E-state index in [-0.39, 0.29) is 17.0 Å². The summed E-state index contributed by atoms with van der Waals surface area (Å²) >= 11 is 0. The molecule has 0 unspecified atom stereocenters. The summed E-state index contributed by atoms with van der Waals surface area (Å²) in [5.41, 5.74) is 4.00. The minimum atomic E-state index is -0.268. The van der Waals surface area contributed by atoms with Crippen LogP contribution in [0, 0.1) is 0 Å². The number of aliphatic imine (C=N–C) groups is 1. The van der Waals surface area contributed by atoms with E-state index in [1.54, 1.807) is 18.0 Å². The first-order valence-electron chi connectivity index (χ1n) is 10.8. The molecule has 4 heterocycles. The van der Waals surface area contributed by atoms with E-state index in [1.165, 1.54) is 6.07 Å². The van der Waals surface area contributed by atoms with Crippen LogP contribution in [0.15, 0.2) is 52.3 Å². The number of aromatic amines is 1. The lowest BCUT2D eigenvalue weighted by Gasteiger charge is -2.30. The summed E-state index contributed by atoms with van der Waals surface area (Å²) in [5, 5.41) is 4.87. The first kappa shape index (κ1) is 20.2. The van der Waals surface area contributed by atoms with Crippen LogP contribution < -0.4 is 10.5 Å². The molecule has 5 rings (SSSR count). The summed E-state index contributed by atoms with van der Waals surface area (Å²) in [6.45, 7) is 7.43. The van der Waals surface area contributed by atoms with Crippen molar-refractivity contribution in [2.45, 2.75) is 39.3 Å². The zero-order chi connectivity index (χ0) is 22.6. The van der Waals surface area contributed by atoms with Crippen molar-refractivity contribution in [3.05, 3.63) is 69.6 Å². The molecule has 0 aliphatic carbocycles. The summed E-state index contributed by atoms with van der Waals surface area (Å²) < 4.78 is 1.93. The Hall–Kier alpha value is -3.68. The minimum absolute atomic E-state index is 0.0563. The highest BCUT2D eigenvalue weighted by Crippen LogP contribution is 2.36. The molecule has 1 amide bonds. The Morgan fingerprint density at radius 1 is 1.09 bits per heavy atom. The van der Waals surface area contributed by atoms with Gasteiger partial charge in [0.25, 0.3) is 5.91 Å². The number of hydrogen-bond donors (Lipinski definition) is 1. The van der Waals surface area contributed by atoms with Crippen LogP contribution >= 0.6 is 0 Å². The molecular formula is C24H26N6O2. The van der Waals surface area contributed by atoms with E-state index in [9.17, 15) is 9.59 Å². The number of carbonyl (C=O) groups is 1. The zero-order valence-electron chi connectivity index (χ0n) is 18.7. The normalized spacial score (nSPS) is 16.8. The van der Waals surface area contributed by atoms with Crippen molar-refractivity contribution in [1.29, 1.82) is 0 Å². The molecule has 1 aromatic carbocycles. The van der Waals surface area contributed by atoms with Crippen LogP contribution in [0.1, 0.15) is 42.4 Å². The number of anilines is 1. The van der Waals surface area contributed by atoms with E-state index < -0.39 is 0 Å². The Kier molecular flexibility index (Phi) is 4.54. The number of aromatic nitrogens is 3. The number of nitrogens with zero attached hydrogens (tertiary/aromatic N) is 5. The Bertz CT molecular complexity index is 1300. The van der Waals surface area contributed by atoms with Crippen molar-refractivity contribution >= 4 is 17.7 Å². The van der Waals surface area contributed by atoms with Crippen molar-refractivity contribution in [2.75, 3.05) is 18.5 Å². The van der Waals surface area contributed by atoms with Gasteiger partial charge in [0.15, 0.2) is 5.82 Å². The van der Waals surface area contributed by atoms with Crippen molar-refractivity contribution < 1.29 is 4.79 Å². The summed E-state index contributed by atoms with van der Waals surface area (Å²) in [7, 11) is 1.78. The number of rotatable bonds is 4. The predicted molar refractivity (Wildman–Crippen MR) is 124 cm³/mol. The maximum atomic E-state index is 13.2. The molecule has 3 aromatic rings. The van der Waals surface area contributed by atoms with Crippen LogP contribution in [0.3, 0.4) is 0 Å². The molecule has 1 N–H and O–H groups in total. The molecular weight excluding hydrogens is 404 g/mol. The number of H-pyrrole nitrogens is 1. The van der Waals surface area contributed by atoms with E-state index in [2.05, 4.69) is 23.7 Å². The van der Waals surface area contributed by atoms with Crippen LogP contribution in [-0.4, -0.2) is 50.7 Å². The highest BCUT2D eigenvalue weighted by molar-refractivity contribution is 6.19. The molecule has 0 saturated heterocycles. The van der Waals surface area contributed by atoms with Crippen LogP contribution in [-0.2, 0) is 13.0 Å². The minimum Gasteiger partial charge on any atom is -0.322 e. The number of carbonyl (C=O) groups excluding carboxylic acids is 1. The SMILES string of the molecule is CCc1c2c(nn1Cc1ccc(-c3cccc(=O)[nH]3)cc1)N1CC(C)(C)N=C1N(C)C2=O. The van der Waals surface area contributed by atoms with Crippen molar-refractivity contribution in [2.24, 2.45) is 4.99 Å². The summed E-state index contributed by atoms with van der Waals surface area (Å²) in [6.07, 6.45) is 0.703.